The molecule has 0 saturated carbocycles. The van der Waals surface area contributed by atoms with Crippen LogP contribution in [0.3, 0.4) is 0 Å². The third kappa shape index (κ3) is 4.07. The minimum atomic E-state index is 0.0809. The van der Waals surface area contributed by atoms with Gasteiger partial charge in [-0.1, -0.05) is 38.1 Å². The molecule has 1 aliphatic carbocycles. The number of fused-ring (bicyclic) bond motifs is 1. The molecular weight excluding hydrogens is 260 g/mol. The number of nitrogens with zero attached hydrogens (tertiary/aromatic N) is 2. The third-order valence-electron chi connectivity index (χ3n) is 4.09. The molecule has 112 valence electrons. The molecule has 1 aromatic rings. The van der Waals surface area contributed by atoms with Gasteiger partial charge in [-0.3, -0.25) is 4.79 Å². The van der Waals surface area contributed by atoms with Crippen LogP contribution in [0.5, 0.6) is 0 Å². The van der Waals surface area contributed by atoms with Gasteiger partial charge in [-0.2, -0.15) is 5.26 Å². The van der Waals surface area contributed by atoms with E-state index in [1.165, 1.54) is 11.1 Å². The predicted octanol–water partition coefficient (Wildman–Crippen LogP) is 3.19. The van der Waals surface area contributed by atoms with Gasteiger partial charge < -0.3 is 4.90 Å². The normalized spacial score (nSPS) is 17.1. The number of carbonyl (C=O) groups is 1. The lowest BCUT2D eigenvalue weighted by Gasteiger charge is -2.31. The molecule has 1 atom stereocenters. The molecule has 2 rings (SSSR count). The lowest BCUT2D eigenvalue weighted by molar-refractivity contribution is -0.136. The van der Waals surface area contributed by atoms with E-state index >= 15 is 0 Å². The molecule has 0 N–H and O–H groups in total. The number of rotatable bonds is 5. The SMILES string of the molecule is CC(C)CN(CCC#N)C(=O)C1CCc2ccccc2C1. The van der Waals surface area contributed by atoms with E-state index in [0.717, 1.165) is 25.8 Å². The molecule has 0 fully saturated rings. The molecule has 3 nitrogen and oxygen atoms in total. The van der Waals surface area contributed by atoms with Gasteiger partial charge >= 0.3 is 0 Å². The fraction of sp³-hybridized carbons (Fsp3) is 0.556. The van der Waals surface area contributed by atoms with Crippen molar-refractivity contribution < 1.29 is 4.79 Å². The Bertz CT molecular complexity index is 530. The highest BCUT2D eigenvalue weighted by Crippen LogP contribution is 2.27. The summed E-state index contributed by atoms with van der Waals surface area (Å²) in [6, 6.07) is 10.6. The number of amides is 1. The van der Waals surface area contributed by atoms with Gasteiger partial charge in [0, 0.05) is 19.0 Å². The van der Waals surface area contributed by atoms with Crippen molar-refractivity contribution in [2.75, 3.05) is 13.1 Å². The van der Waals surface area contributed by atoms with Crippen LogP contribution >= 0.6 is 0 Å². The van der Waals surface area contributed by atoms with Crippen LogP contribution in [0.15, 0.2) is 24.3 Å². The zero-order valence-corrected chi connectivity index (χ0v) is 13.0. The summed E-state index contributed by atoms with van der Waals surface area (Å²) in [7, 11) is 0. The molecule has 21 heavy (non-hydrogen) atoms. The molecule has 1 amide bonds. The van der Waals surface area contributed by atoms with Crippen LogP contribution in [0.1, 0.15) is 37.8 Å². The largest absolute Gasteiger partial charge is 0.341 e. The third-order valence-corrected chi connectivity index (χ3v) is 4.09. The van der Waals surface area contributed by atoms with Gasteiger partial charge in [-0.15, -0.1) is 0 Å². The summed E-state index contributed by atoms with van der Waals surface area (Å²) in [5, 5.41) is 8.78. The van der Waals surface area contributed by atoms with Crippen molar-refractivity contribution in [2.24, 2.45) is 11.8 Å². The standard InChI is InChI=1S/C18H24N2O/c1-14(2)13-20(11-5-10-19)18(21)17-9-8-15-6-3-4-7-16(15)12-17/h3-4,6-7,14,17H,5,8-9,11-13H2,1-2H3. The van der Waals surface area contributed by atoms with Crippen molar-refractivity contribution in [3.8, 4) is 6.07 Å². The van der Waals surface area contributed by atoms with E-state index in [9.17, 15) is 4.79 Å². The molecule has 0 bridgehead atoms. The van der Waals surface area contributed by atoms with Crippen molar-refractivity contribution in [1.82, 2.24) is 4.90 Å². The fourth-order valence-electron chi connectivity index (χ4n) is 3.08. The lowest BCUT2D eigenvalue weighted by Crippen LogP contribution is -2.41. The second-order valence-corrected chi connectivity index (χ2v) is 6.29. The van der Waals surface area contributed by atoms with Crippen LogP contribution in [0, 0.1) is 23.2 Å². The summed E-state index contributed by atoms with van der Waals surface area (Å²) in [6.07, 6.45) is 3.18. The number of nitriles is 1. The average molecular weight is 284 g/mol. The molecule has 1 aliphatic rings. The minimum Gasteiger partial charge on any atom is -0.341 e. The van der Waals surface area contributed by atoms with Gasteiger partial charge in [0.2, 0.25) is 5.91 Å². The maximum Gasteiger partial charge on any atom is 0.226 e. The highest BCUT2D eigenvalue weighted by molar-refractivity contribution is 5.79. The Hall–Kier alpha value is -1.82. The summed E-state index contributed by atoms with van der Waals surface area (Å²) in [4.78, 5) is 14.7. The zero-order valence-electron chi connectivity index (χ0n) is 13.0. The molecule has 0 radical (unpaired) electrons. The van der Waals surface area contributed by atoms with Gasteiger partial charge in [0.25, 0.3) is 0 Å². The summed E-state index contributed by atoms with van der Waals surface area (Å²) in [5.41, 5.74) is 2.70. The molecule has 0 aromatic heterocycles. The Kier molecular flexibility index (Phi) is 5.38. The highest BCUT2D eigenvalue weighted by Gasteiger charge is 2.28. The van der Waals surface area contributed by atoms with Gasteiger partial charge in [0.15, 0.2) is 0 Å². The first-order chi connectivity index (χ1) is 10.1. The van der Waals surface area contributed by atoms with Crippen LogP contribution in [0.4, 0.5) is 0 Å². The summed E-state index contributed by atoms with van der Waals surface area (Å²) < 4.78 is 0. The topological polar surface area (TPSA) is 44.1 Å². The molecule has 0 heterocycles. The van der Waals surface area contributed by atoms with Gasteiger partial charge in [-0.25, -0.2) is 0 Å². The van der Waals surface area contributed by atoms with E-state index in [2.05, 4.69) is 38.1 Å². The Morgan fingerprint density at radius 3 is 2.76 bits per heavy atom. The summed E-state index contributed by atoms with van der Waals surface area (Å²) >= 11 is 0. The number of carbonyl (C=O) groups excluding carboxylic acids is 1. The van der Waals surface area contributed by atoms with Crippen molar-refractivity contribution in [3.63, 3.8) is 0 Å². The van der Waals surface area contributed by atoms with Crippen molar-refractivity contribution in [3.05, 3.63) is 35.4 Å². The van der Waals surface area contributed by atoms with E-state index in [0.29, 0.717) is 18.9 Å². The molecule has 1 aromatic carbocycles. The van der Waals surface area contributed by atoms with Crippen LogP contribution in [-0.2, 0) is 17.6 Å². The van der Waals surface area contributed by atoms with E-state index in [1.807, 2.05) is 11.0 Å². The smallest absolute Gasteiger partial charge is 0.226 e. The van der Waals surface area contributed by atoms with Crippen LogP contribution in [-0.4, -0.2) is 23.9 Å². The van der Waals surface area contributed by atoms with E-state index in [1.54, 1.807) is 0 Å². The van der Waals surface area contributed by atoms with Gasteiger partial charge in [0.05, 0.1) is 12.5 Å². The molecular formula is C18H24N2O. The first-order valence-electron chi connectivity index (χ1n) is 7.84. The monoisotopic (exact) mass is 284 g/mol. The lowest BCUT2D eigenvalue weighted by atomic mass is 9.83. The Morgan fingerprint density at radius 2 is 2.10 bits per heavy atom. The number of benzene rings is 1. The molecule has 0 aliphatic heterocycles. The van der Waals surface area contributed by atoms with E-state index < -0.39 is 0 Å². The second-order valence-electron chi connectivity index (χ2n) is 6.29. The fourth-order valence-corrected chi connectivity index (χ4v) is 3.08. The maximum atomic E-state index is 12.8. The second kappa shape index (κ2) is 7.26. The van der Waals surface area contributed by atoms with Crippen molar-refractivity contribution >= 4 is 5.91 Å². The predicted molar refractivity (Wildman–Crippen MR) is 83.6 cm³/mol. The molecule has 0 spiro atoms. The van der Waals surface area contributed by atoms with Gasteiger partial charge in [-0.05, 0) is 36.3 Å². The van der Waals surface area contributed by atoms with Crippen LogP contribution < -0.4 is 0 Å². The number of aryl methyl sites for hydroxylation is 1. The first-order valence-corrected chi connectivity index (χ1v) is 7.84. The van der Waals surface area contributed by atoms with Crippen molar-refractivity contribution in [2.45, 2.75) is 39.5 Å². The Morgan fingerprint density at radius 1 is 1.38 bits per heavy atom. The first kappa shape index (κ1) is 15.6. The maximum absolute atomic E-state index is 12.8. The average Bonchev–Trinajstić information content (AvgIpc) is 2.50. The Balaban J connectivity index is 2.06. The quantitative estimate of drug-likeness (QED) is 0.833. The highest BCUT2D eigenvalue weighted by atomic mass is 16.2. The van der Waals surface area contributed by atoms with Crippen LogP contribution in [0.2, 0.25) is 0 Å². The summed E-state index contributed by atoms with van der Waals surface area (Å²) in [5.74, 6) is 0.745. The number of hydrogen-bond acceptors (Lipinski definition) is 2. The Labute approximate surface area is 127 Å². The number of hydrogen-bond donors (Lipinski definition) is 0. The zero-order chi connectivity index (χ0) is 15.2. The van der Waals surface area contributed by atoms with E-state index in [-0.39, 0.29) is 11.8 Å². The molecule has 3 heteroatoms. The van der Waals surface area contributed by atoms with Crippen molar-refractivity contribution in [1.29, 1.82) is 5.26 Å². The summed E-state index contributed by atoms with van der Waals surface area (Å²) in [6.45, 7) is 5.54. The molecule has 0 saturated heterocycles. The van der Waals surface area contributed by atoms with Gasteiger partial charge in [0.1, 0.15) is 0 Å². The molecule has 1 unspecified atom stereocenters. The minimum absolute atomic E-state index is 0.0809. The van der Waals surface area contributed by atoms with E-state index in [4.69, 9.17) is 5.26 Å². The van der Waals surface area contributed by atoms with Crippen LogP contribution in [0.25, 0.3) is 0 Å².